The smallest absolute Gasteiger partial charge is 0.203 e. The average Bonchev–Trinajstić information content (AvgIpc) is 2.54. The quantitative estimate of drug-likeness (QED) is 0.775. The Balaban J connectivity index is 2.32. The van der Waals surface area contributed by atoms with Gasteiger partial charge < -0.3 is 15.6 Å². The first-order valence-corrected chi connectivity index (χ1v) is 4.94. The lowest BCUT2D eigenvalue weighted by Crippen LogP contribution is -2.26. The molecule has 0 bridgehead atoms. The molecule has 1 atom stereocenters. The van der Waals surface area contributed by atoms with Crippen molar-refractivity contribution in [3.8, 4) is 0 Å². The molecule has 5 heteroatoms. The molecule has 0 saturated carbocycles. The van der Waals surface area contributed by atoms with Crippen molar-refractivity contribution in [2.75, 3.05) is 11.9 Å². The van der Waals surface area contributed by atoms with Crippen LogP contribution in [-0.4, -0.2) is 27.1 Å². The van der Waals surface area contributed by atoms with Crippen LogP contribution in [-0.2, 0) is 7.05 Å². The van der Waals surface area contributed by atoms with Gasteiger partial charge in [0.15, 0.2) is 0 Å². The molecule has 2 aromatic rings. The first-order chi connectivity index (χ1) is 7.18. The standard InChI is InChI=1S/C10H15N5/c1-7(11)5-13-10-14-8-6-12-4-3-9(8)15(10)2/h3-4,6-7H,5,11H2,1-2H3,(H,13,14). The molecule has 0 aliphatic rings. The Hall–Kier alpha value is -1.62. The second-order valence-corrected chi connectivity index (χ2v) is 3.72. The molecule has 0 spiro atoms. The predicted octanol–water partition coefficient (Wildman–Crippen LogP) is 0.727. The summed E-state index contributed by atoms with van der Waals surface area (Å²) in [6.07, 6.45) is 3.52. The third-order valence-corrected chi connectivity index (χ3v) is 2.27. The van der Waals surface area contributed by atoms with E-state index in [0.29, 0.717) is 6.54 Å². The summed E-state index contributed by atoms with van der Waals surface area (Å²) in [5.41, 5.74) is 7.64. The third kappa shape index (κ3) is 1.92. The van der Waals surface area contributed by atoms with E-state index in [-0.39, 0.29) is 6.04 Å². The number of nitrogens with one attached hydrogen (secondary N) is 1. The van der Waals surface area contributed by atoms with Gasteiger partial charge in [-0.1, -0.05) is 0 Å². The van der Waals surface area contributed by atoms with Crippen molar-refractivity contribution >= 4 is 17.0 Å². The zero-order chi connectivity index (χ0) is 10.8. The van der Waals surface area contributed by atoms with E-state index in [9.17, 15) is 0 Å². The minimum Gasteiger partial charge on any atom is -0.354 e. The monoisotopic (exact) mass is 205 g/mol. The molecule has 0 fully saturated rings. The Kier molecular flexibility index (Phi) is 2.55. The number of nitrogens with two attached hydrogens (primary N) is 1. The van der Waals surface area contributed by atoms with Crippen molar-refractivity contribution in [2.24, 2.45) is 12.8 Å². The Morgan fingerprint density at radius 1 is 1.60 bits per heavy atom. The number of pyridine rings is 1. The largest absolute Gasteiger partial charge is 0.354 e. The lowest BCUT2D eigenvalue weighted by atomic mass is 10.4. The summed E-state index contributed by atoms with van der Waals surface area (Å²) < 4.78 is 2.00. The lowest BCUT2D eigenvalue weighted by molar-refractivity contribution is 0.767. The first-order valence-electron chi connectivity index (χ1n) is 4.94. The molecule has 15 heavy (non-hydrogen) atoms. The SMILES string of the molecule is CC(N)CNc1nc2cnccc2n1C. The van der Waals surface area contributed by atoms with Crippen molar-refractivity contribution < 1.29 is 0 Å². The van der Waals surface area contributed by atoms with Crippen LogP contribution in [0.2, 0.25) is 0 Å². The van der Waals surface area contributed by atoms with E-state index in [1.165, 1.54) is 0 Å². The van der Waals surface area contributed by atoms with Gasteiger partial charge in [-0.3, -0.25) is 4.98 Å². The van der Waals surface area contributed by atoms with Crippen LogP contribution in [0.15, 0.2) is 18.5 Å². The van der Waals surface area contributed by atoms with Gasteiger partial charge in [-0.15, -0.1) is 0 Å². The van der Waals surface area contributed by atoms with E-state index in [4.69, 9.17) is 5.73 Å². The molecule has 2 rings (SSSR count). The zero-order valence-corrected chi connectivity index (χ0v) is 8.94. The molecule has 0 aliphatic carbocycles. The maximum absolute atomic E-state index is 5.67. The van der Waals surface area contributed by atoms with Crippen LogP contribution in [0.1, 0.15) is 6.92 Å². The molecule has 0 radical (unpaired) electrons. The number of hydrogen-bond donors (Lipinski definition) is 2. The van der Waals surface area contributed by atoms with Gasteiger partial charge in [0, 0.05) is 25.8 Å². The van der Waals surface area contributed by atoms with Crippen LogP contribution in [0, 0.1) is 0 Å². The molecule has 0 aromatic carbocycles. The molecule has 1 unspecified atom stereocenters. The van der Waals surface area contributed by atoms with Gasteiger partial charge in [0.05, 0.1) is 11.7 Å². The molecule has 0 amide bonds. The topological polar surface area (TPSA) is 68.8 Å². The highest BCUT2D eigenvalue weighted by atomic mass is 15.2. The molecule has 5 nitrogen and oxygen atoms in total. The summed E-state index contributed by atoms with van der Waals surface area (Å²) in [4.78, 5) is 8.45. The number of aryl methyl sites for hydroxylation is 1. The van der Waals surface area contributed by atoms with E-state index in [1.54, 1.807) is 12.4 Å². The van der Waals surface area contributed by atoms with E-state index in [0.717, 1.165) is 17.0 Å². The van der Waals surface area contributed by atoms with Gasteiger partial charge in [-0.05, 0) is 13.0 Å². The van der Waals surface area contributed by atoms with E-state index in [2.05, 4.69) is 15.3 Å². The fraction of sp³-hybridized carbons (Fsp3) is 0.400. The highest BCUT2D eigenvalue weighted by molar-refractivity contribution is 5.77. The van der Waals surface area contributed by atoms with Gasteiger partial charge in [-0.25, -0.2) is 4.98 Å². The average molecular weight is 205 g/mol. The summed E-state index contributed by atoms with van der Waals surface area (Å²) >= 11 is 0. The number of imidazole rings is 1. The Morgan fingerprint density at radius 3 is 3.07 bits per heavy atom. The van der Waals surface area contributed by atoms with Gasteiger partial charge in [0.25, 0.3) is 0 Å². The van der Waals surface area contributed by atoms with Crippen molar-refractivity contribution in [2.45, 2.75) is 13.0 Å². The highest BCUT2D eigenvalue weighted by Gasteiger charge is 2.06. The molecule has 3 N–H and O–H groups in total. The lowest BCUT2D eigenvalue weighted by Gasteiger charge is -2.08. The van der Waals surface area contributed by atoms with Gasteiger partial charge in [-0.2, -0.15) is 0 Å². The molecule has 2 aromatic heterocycles. The maximum Gasteiger partial charge on any atom is 0.203 e. The number of rotatable bonds is 3. The van der Waals surface area contributed by atoms with Gasteiger partial charge in [0.1, 0.15) is 5.52 Å². The van der Waals surface area contributed by atoms with E-state index < -0.39 is 0 Å². The summed E-state index contributed by atoms with van der Waals surface area (Å²) in [6, 6.07) is 2.06. The van der Waals surface area contributed by atoms with Crippen molar-refractivity contribution in [1.82, 2.24) is 14.5 Å². The summed E-state index contributed by atoms with van der Waals surface area (Å²) in [5.74, 6) is 0.829. The molecule has 80 valence electrons. The normalized spacial score (nSPS) is 13.0. The third-order valence-electron chi connectivity index (χ3n) is 2.27. The zero-order valence-electron chi connectivity index (χ0n) is 8.94. The van der Waals surface area contributed by atoms with Crippen LogP contribution in [0.5, 0.6) is 0 Å². The second kappa shape index (κ2) is 3.86. The van der Waals surface area contributed by atoms with Crippen molar-refractivity contribution in [1.29, 1.82) is 0 Å². The molecule has 2 heterocycles. The maximum atomic E-state index is 5.67. The summed E-state index contributed by atoms with van der Waals surface area (Å²) in [5, 5.41) is 3.20. The fourth-order valence-electron chi connectivity index (χ4n) is 1.46. The van der Waals surface area contributed by atoms with Crippen LogP contribution >= 0.6 is 0 Å². The second-order valence-electron chi connectivity index (χ2n) is 3.72. The van der Waals surface area contributed by atoms with Gasteiger partial charge >= 0.3 is 0 Å². The van der Waals surface area contributed by atoms with Crippen molar-refractivity contribution in [3.05, 3.63) is 18.5 Å². The Morgan fingerprint density at radius 2 is 2.40 bits per heavy atom. The molecule has 0 saturated heterocycles. The predicted molar refractivity (Wildman–Crippen MR) is 60.6 cm³/mol. The Bertz CT molecular complexity index is 460. The van der Waals surface area contributed by atoms with Crippen LogP contribution < -0.4 is 11.1 Å². The number of anilines is 1. The highest BCUT2D eigenvalue weighted by Crippen LogP contribution is 2.16. The molecular formula is C10H15N5. The Labute approximate surface area is 88.3 Å². The molecular weight excluding hydrogens is 190 g/mol. The van der Waals surface area contributed by atoms with Crippen molar-refractivity contribution in [3.63, 3.8) is 0 Å². The molecule has 0 aliphatic heterocycles. The number of hydrogen-bond acceptors (Lipinski definition) is 4. The van der Waals surface area contributed by atoms with E-state index in [1.807, 2.05) is 24.6 Å². The number of nitrogens with zero attached hydrogens (tertiary/aromatic N) is 3. The van der Waals surface area contributed by atoms with Crippen LogP contribution in [0.3, 0.4) is 0 Å². The fourth-order valence-corrected chi connectivity index (χ4v) is 1.46. The first kappa shape index (κ1) is 9.92. The summed E-state index contributed by atoms with van der Waals surface area (Å²) in [6.45, 7) is 2.67. The van der Waals surface area contributed by atoms with Gasteiger partial charge in [0.2, 0.25) is 5.95 Å². The minimum atomic E-state index is 0.114. The number of fused-ring (bicyclic) bond motifs is 1. The van der Waals surface area contributed by atoms with Crippen LogP contribution in [0.4, 0.5) is 5.95 Å². The summed E-state index contributed by atoms with van der Waals surface area (Å²) in [7, 11) is 1.97. The number of aromatic nitrogens is 3. The minimum absolute atomic E-state index is 0.114. The van der Waals surface area contributed by atoms with E-state index >= 15 is 0 Å². The van der Waals surface area contributed by atoms with Crippen LogP contribution in [0.25, 0.3) is 11.0 Å².